The Bertz CT molecular complexity index is 1390. The molecule has 0 atom stereocenters. The van der Waals surface area contributed by atoms with Crippen molar-refractivity contribution in [3.8, 4) is 11.3 Å². The van der Waals surface area contributed by atoms with Gasteiger partial charge >= 0.3 is 0 Å². The fourth-order valence-corrected chi connectivity index (χ4v) is 4.60. The van der Waals surface area contributed by atoms with Crippen molar-refractivity contribution >= 4 is 63.0 Å². The van der Waals surface area contributed by atoms with Gasteiger partial charge in [0.2, 0.25) is 5.17 Å². The zero-order chi connectivity index (χ0) is 22.4. The van der Waals surface area contributed by atoms with Crippen molar-refractivity contribution in [2.75, 3.05) is 0 Å². The Hall–Kier alpha value is -3.13. The van der Waals surface area contributed by atoms with E-state index in [4.69, 9.17) is 33.0 Å². The number of halogens is 2. The number of aryl methyl sites for hydroxylation is 1. The number of amidine groups is 2. The summed E-state index contributed by atoms with van der Waals surface area (Å²) in [5.74, 6) is 0.422. The Balaban J connectivity index is 1.45. The Morgan fingerprint density at radius 3 is 2.69 bits per heavy atom. The molecule has 0 saturated heterocycles. The molecule has 0 radical (unpaired) electrons. The minimum Gasteiger partial charge on any atom is -0.457 e. The number of furan rings is 1. The standard InChI is InChI=1S/C23H14Cl2N4O2S/c1-12-6-7-13(10-18(12)25)19-9-8-14(31-19)11-16-20(26)29-23(27-21(16)30)32-22(28-29)15-4-2-3-5-17(15)24/h2-11,26H,1H3/b16-11-,26-20?. The van der Waals surface area contributed by atoms with Crippen LogP contribution in [-0.2, 0) is 4.79 Å². The number of amides is 1. The third kappa shape index (κ3) is 3.68. The molecule has 32 heavy (non-hydrogen) atoms. The van der Waals surface area contributed by atoms with Crippen molar-refractivity contribution in [1.82, 2.24) is 5.01 Å². The van der Waals surface area contributed by atoms with E-state index in [0.29, 0.717) is 31.8 Å². The average molecular weight is 481 g/mol. The second kappa shape index (κ2) is 8.09. The highest BCUT2D eigenvalue weighted by molar-refractivity contribution is 8.27. The number of hydrogen-bond acceptors (Lipinski definition) is 5. The molecule has 158 valence electrons. The number of aliphatic imine (C=N–C) groups is 1. The number of hydrogen-bond donors (Lipinski definition) is 1. The molecular formula is C23H14Cl2N4O2S. The summed E-state index contributed by atoms with van der Waals surface area (Å²) in [5, 5.41) is 16.4. The van der Waals surface area contributed by atoms with E-state index >= 15 is 0 Å². The van der Waals surface area contributed by atoms with Crippen LogP contribution < -0.4 is 0 Å². The summed E-state index contributed by atoms with van der Waals surface area (Å²) < 4.78 is 5.87. The molecule has 0 spiro atoms. The lowest BCUT2D eigenvalue weighted by Gasteiger charge is -2.19. The number of hydrazone groups is 1. The number of thioether (sulfide) groups is 1. The van der Waals surface area contributed by atoms with Crippen molar-refractivity contribution in [3.05, 3.63) is 87.1 Å². The lowest BCUT2D eigenvalue weighted by Crippen LogP contribution is -2.35. The number of nitrogens with one attached hydrogen (secondary N) is 1. The molecule has 3 aromatic rings. The number of benzene rings is 2. The van der Waals surface area contributed by atoms with Gasteiger partial charge in [0.15, 0.2) is 5.84 Å². The first-order valence-electron chi connectivity index (χ1n) is 9.52. The van der Waals surface area contributed by atoms with Crippen molar-refractivity contribution in [2.24, 2.45) is 10.1 Å². The summed E-state index contributed by atoms with van der Waals surface area (Å²) in [6, 6.07) is 16.4. The van der Waals surface area contributed by atoms with E-state index in [0.717, 1.165) is 16.7 Å². The second-order valence-electron chi connectivity index (χ2n) is 7.07. The van der Waals surface area contributed by atoms with Gasteiger partial charge in [-0.2, -0.15) is 15.1 Å². The van der Waals surface area contributed by atoms with E-state index in [1.54, 1.807) is 18.2 Å². The summed E-state index contributed by atoms with van der Waals surface area (Å²) in [5.41, 5.74) is 2.59. The molecule has 3 heterocycles. The number of carbonyl (C=O) groups is 1. The molecule has 1 N–H and O–H groups in total. The molecule has 6 nitrogen and oxygen atoms in total. The minimum absolute atomic E-state index is 0.0779. The second-order valence-corrected chi connectivity index (χ2v) is 8.84. The highest BCUT2D eigenvalue weighted by atomic mass is 35.5. The van der Waals surface area contributed by atoms with Crippen molar-refractivity contribution in [1.29, 1.82) is 5.41 Å². The normalized spacial score (nSPS) is 17.0. The quantitative estimate of drug-likeness (QED) is 0.450. The number of rotatable bonds is 3. The summed E-state index contributed by atoms with van der Waals surface area (Å²) >= 11 is 13.7. The van der Waals surface area contributed by atoms with Crippen LogP contribution in [0.3, 0.4) is 0 Å². The fraction of sp³-hybridized carbons (Fsp3) is 0.0435. The first kappa shape index (κ1) is 20.8. The highest BCUT2D eigenvalue weighted by Gasteiger charge is 2.36. The van der Waals surface area contributed by atoms with Gasteiger partial charge in [-0.25, -0.2) is 0 Å². The summed E-state index contributed by atoms with van der Waals surface area (Å²) in [4.78, 5) is 16.8. The Labute approximate surface area is 197 Å². The molecule has 0 bridgehead atoms. The molecule has 2 aliphatic heterocycles. The molecule has 1 aromatic heterocycles. The maximum atomic E-state index is 12.6. The van der Waals surface area contributed by atoms with E-state index in [-0.39, 0.29) is 11.4 Å². The highest BCUT2D eigenvalue weighted by Crippen LogP contribution is 2.33. The van der Waals surface area contributed by atoms with Gasteiger partial charge in [0.1, 0.15) is 16.6 Å². The summed E-state index contributed by atoms with van der Waals surface area (Å²) in [6.07, 6.45) is 1.50. The maximum absolute atomic E-state index is 12.6. The van der Waals surface area contributed by atoms with Crippen LogP contribution in [0, 0.1) is 12.3 Å². The largest absolute Gasteiger partial charge is 0.457 e. The molecule has 2 aromatic carbocycles. The Morgan fingerprint density at radius 2 is 1.91 bits per heavy atom. The molecule has 0 unspecified atom stereocenters. The topological polar surface area (TPSA) is 82.0 Å². The van der Waals surface area contributed by atoms with Crippen LogP contribution in [0.2, 0.25) is 10.0 Å². The predicted molar refractivity (Wildman–Crippen MR) is 129 cm³/mol. The van der Waals surface area contributed by atoms with Crippen LogP contribution in [0.4, 0.5) is 0 Å². The molecule has 0 saturated carbocycles. The zero-order valence-electron chi connectivity index (χ0n) is 16.6. The van der Waals surface area contributed by atoms with E-state index in [2.05, 4.69) is 10.1 Å². The monoisotopic (exact) mass is 480 g/mol. The lowest BCUT2D eigenvalue weighted by molar-refractivity contribution is -0.114. The molecule has 5 rings (SSSR count). The van der Waals surface area contributed by atoms with E-state index in [1.165, 1.54) is 22.8 Å². The first-order valence-corrected chi connectivity index (χ1v) is 11.1. The Kier molecular flexibility index (Phi) is 5.25. The SMILES string of the molecule is Cc1ccc(-c2ccc(/C=C3/C(=N)N4N=C(c5ccccc5Cl)SC4=NC3=O)o2)cc1Cl. The van der Waals surface area contributed by atoms with Crippen LogP contribution in [0.1, 0.15) is 16.9 Å². The molecular weight excluding hydrogens is 467 g/mol. The number of nitrogens with zero attached hydrogens (tertiary/aromatic N) is 3. The predicted octanol–water partition coefficient (Wildman–Crippen LogP) is 6.23. The van der Waals surface area contributed by atoms with Gasteiger partial charge < -0.3 is 4.42 Å². The minimum atomic E-state index is -0.527. The van der Waals surface area contributed by atoms with Crippen LogP contribution in [0.15, 0.2) is 74.7 Å². The number of carbonyl (C=O) groups excluding carboxylic acids is 1. The summed E-state index contributed by atoms with van der Waals surface area (Å²) in [7, 11) is 0. The first-order chi connectivity index (χ1) is 15.4. The van der Waals surface area contributed by atoms with E-state index < -0.39 is 5.91 Å². The van der Waals surface area contributed by atoms with E-state index in [9.17, 15) is 4.79 Å². The van der Waals surface area contributed by atoms with Gasteiger partial charge in [0, 0.05) is 16.1 Å². The van der Waals surface area contributed by atoms with Gasteiger partial charge in [-0.1, -0.05) is 53.5 Å². The van der Waals surface area contributed by atoms with Gasteiger partial charge in [0.25, 0.3) is 5.91 Å². The van der Waals surface area contributed by atoms with Crippen LogP contribution in [-0.4, -0.2) is 27.0 Å². The molecule has 0 fully saturated rings. The third-order valence-corrected chi connectivity index (χ3v) is 6.61. The third-order valence-electron chi connectivity index (χ3n) is 4.93. The van der Waals surface area contributed by atoms with Crippen LogP contribution >= 0.6 is 35.0 Å². The number of fused-ring (bicyclic) bond motifs is 1. The van der Waals surface area contributed by atoms with Crippen LogP contribution in [0.25, 0.3) is 17.4 Å². The van der Waals surface area contributed by atoms with Crippen LogP contribution in [0.5, 0.6) is 0 Å². The summed E-state index contributed by atoms with van der Waals surface area (Å²) in [6.45, 7) is 1.93. The van der Waals surface area contributed by atoms with Crippen molar-refractivity contribution in [3.63, 3.8) is 0 Å². The molecule has 9 heteroatoms. The average Bonchev–Trinajstić information content (AvgIpc) is 3.41. The molecule has 2 aliphatic rings. The van der Waals surface area contributed by atoms with Gasteiger partial charge in [-0.05, 0) is 54.6 Å². The molecule has 0 aliphatic carbocycles. The van der Waals surface area contributed by atoms with Crippen molar-refractivity contribution < 1.29 is 9.21 Å². The molecule has 1 amide bonds. The fourth-order valence-electron chi connectivity index (χ4n) is 3.21. The Morgan fingerprint density at radius 1 is 1.09 bits per heavy atom. The zero-order valence-corrected chi connectivity index (χ0v) is 18.9. The smallest absolute Gasteiger partial charge is 0.283 e. The maximum Gasteiger partial charge on any atom is 0.283 e. The van der Waals surface area contributed by atoms with E-state index in [1.807, 2.05) is 43.3 Å². The van der Waals surface area contributed by atoms with Gasteiger partial charge in [-0.15, -0.1) is 0 Å². The van der Waals surface area contributed by atoms with Gasteiger partial charge in [0.05, 0.1) is 10.6 Å². The van der Waals surface area contributed by atoms with Crippen molar-refractivity contribution in [2.45, 2.75) is 6.92 Å². The van der Waals surface area contributed by atoms with Gasteiger partial charge in [-0.3, -0.25) is 10.2 Å². The lowest BCUT2D eigenvalue weighted by atomic mass is 10.1.